The Morgan fingerprint density at radius 1 is 1.29 bits per heavy atom. The summed E-state index contributed by atoms with van der Waals surface area (Å²) in [5.41, 5.74) is 0. The van der Waals surface area contributed by atoms with Crippen molar-refractivity contribution in [3.8, 4) is 0 Å². The van der Waals surface area contributed by atoms with Crippen LogP contribution < -0.4 is 0 Å². The smallest absolute Gasteiger partial charge is 0.128 e. The van der Waals surface area contributed by atoms with Crippen LogP contribution in [0.5, 0.6) is 0 Å². The quantitative estimate of drug-likeness (QED) is 0.873. The van der Waals surface area contributed by atoms with Crippen LogP contribution in [0.15, 0.2) is 18.5 Å². The first-order valence-corrected chi connectivity index (χ1v) is 6.60. The van der Waals surface area contributed by atoms with E-state index in [0.29, 0.717) is 11.8 Å². The second-order valence-electron chi connectivity index (χ2n) is 5.51. The summed E-state index contributed by atoms with van der Waals surface area (Å²) in [6.45, 7) is 4.55. The van der Waals surface area contributed by atoms with Crippen LogP contribution >= 0.6 is 0 Å². The molecular formula is C14H22N2O. The Balaban J connectivity index is 1.99. The minimum absolute atomic E-state index is 0.172. The zero-order chi connectivity index (χ0) is 12.3. The third-order valence-electron chi connectivity index (χ3n) is 3.99. The van der Waals surface area contributed by atoms with E-state index < -0.39 is 0 Å². The summed E-state index contributed by atoms with van der Waals surface area (Å²) in [6.07, 6.45) is 7.39. The monoisotopic (exact) mass is 234 g/mol. The molecule has 0 amide bonds. The second kappa shape index (κ2) is 5.58. The molecule has 0 spiro atoms. The molecule has 1 saturated carbocycles. The predicted molar refractivity (Wildman–Crippen MR) is 67.4 cm³/mol. The van der Waals surface area contributed by atoms with Gasteiger partial charge in [-0.1, -0.05) is 13.8 Å². The number of rotatable bonds is 3. The summed E-state index contributed by atoms with van der Waals surface area (Å²) < 4.78 is 0. The standard InChI is InChI=1S/C14H22N2O/c1-10(2)11-4-5-13(17)12(8-11)9-14-15-6-3-7-16-14/h3,6-7,10-13,17H,4-5,8-9H2,1-2H3. The molecule has 1 fully saturated rings. The normalized spacial score (nSPS) is 29.5. The molecule has 17 heavy (non-hydrogen) atoms. The van der Waals surface area contributed by atoms with Crippen molar-refractivity contribution >= 4 is 0 Å². The third kappa shape index (κ3) is 3.25. The molecule has 1 heterocycles. The van der Waals surface area contributed by atoms with Gasteiger partial charge in [0.05, 0.1) is 6.10 Å². The number of aliphatic hydroxyl groups is 1. The van der Waals surface area contributed by atoms with E-state index in [1.165, 1.54) is 0 Å². The topological polar surface area (TPSA) is 46.0 Å². The van der Waals surface area contributed by atoms with Crippen LogP contribution in [0.4, 0.5) is 0 Å². The molecule has 0 radical (unpaired) electrons. The minimum Gasteiger partial charge on any atom is -0.393 e. The van der Waals surface area contributed by atoms with E-state index in [2.05, 4.69) is 23.8 Å². The Bertz CT molecular complexity index is 339. The van der Waals surface area contributed by atoms with Crippen molar-refractivity contribution in [1.29, 1.82) is 0 Å². The lowest BCUT2D eigenvalue weighted by Crippen LogP contribution is -2.32. The lowest BCUT2D eigenvalue weighted by Gasteiger charge is -2.35. The van der Waals surface area contributed by atoms with Crippen molar-refractivity contribution in [3.63, 3.8) is 0 Å². The molecule has 0 aliphatic heterocycles. The van der Waals surface area contributed by atoms with Crippen LogP contribution in [0.3, 0.4) is 0 Å². The fourth-order valence-electron chi connectivity index (χ4n) is 2.78. The average molecular weight is 234 g/mol. The average Bonchev–Trinajstić information content (AvgIpc) is 2.33. The second-order valence-corrected chi connectivity index (χ2v) is 5.51. The zero-order valence-corrected chi connectivity index (χ0v) is 10.7. The van der Waals surface area contributed by atoms with Crippen molar-refractivity contribution in [2.45, 2.75) is 45.6 Å². The summed E-state index contributed by atoms with van der Waals surface area (Å²) in [5.74, 6) is 2.65. The number of aromatic nitrogens is 2. The third-order valence-corrected chi connectivity index (χ3v) is 3.99. The van der Waals surface area contributed by atoms with Crippen LogP contribution in [0.25, 0.3) is 0 Å². The van der Waals surface area contributed by atoms with Crippen molar-refractivity contribution in [2.24, 2.45) is 17.8 Å². The highest BCUT2D eigenvalue weighted by Crippen LogP contribution is 2.35. The highest BCUT2D eigenvalue weighted by atomic mass is 16.3. The molecule has 3 atom stereocenters. The molecule has 1 aromatic rings. The molecule has 0 bridgehead atoms. The first-order chi connectivity index (χ1) is 8.16. The summed E-state index contributed by atoms with van der Waals surface area (Å²) in [4.78, 5) is 8.51. The molecule has 0 saturated heterocycles. The highest BCUT2D eigenvalue weighted by Gasteiger charge is 2.31. The lowest BCUT2D eigenvalue weighted by molar-refractivity contribution is 0.0369. The molecule has 0 aromatic carbocycles. The summed E-state index contributed by atoms with van der Waals surface area (Å²) in [5, 5.41) is 10.1. The molecular weight excluding hydrogens is 212 g/mol. The van der Waals surface area contributed by atoms with Gasteiger partial charge in [0.1, 0.15) is 5.82 Å². The zero-order valence-electron chi connectivity index (χ0n) is 10.7. The maximum absolute atomic E-state index is 10.1. The van der Waals surface area contributed by atoms with E-state index in [-0.39, 0.29) is 6.10 Å². The number of hydrogen-bond acceptors (Lipinski definition) is 3. The Kier molecular flexibility index (Phi) is 4.11. The van der Waals surface area contributed by atoms with Gasteiger partial charge in [0.15, 0.2) is 0 Å². The van der Waals surface area contributed by atoms with Gasteiger partial charge in [-0.05, 0) is 43.1 Å². The first-order valence-electron chi connectivity index (χ1n) is 6.60. The Morgan fingerprint density at radius 3 is 2.65 bits per heavy atom. The molecule has 3 nitrogen and oxygen atoms in total. The Hall–Kier alpha value is -0.960. The number of hydrogen-bond donors (Lipinski definition) is 1. The van der Waals surface area contributed by atoms with Gasteiger partial charge in [-0.15, -0.1) is 0 Å². The van der Waals surface area contributed by atoms with Crippen LogP contribution in [-0.2, 0) is 6.42 Å². The van der Waals surface area contributed by atoms with E-state index in [9.17, 15) is 5.11 Å². The summed E-state index contributed by atoms with van der Waals surface area (Å²) >= 11 is 0. The van der Waals surface area contributed by atoms with Crippen LogP contribution in [0.1, 0.15) is 38.9 Å². The lowest BCUT2D eigenvalue weighted by atomic mass is 9.73. The van der Waals surface area contributed by atoms with Crippen LogP contribution in [0.2, 0.25) is 0 Å². The van der Waals surface area contributed by atoms with Crippen LogP contribution in [0, 0.1) is 17.8 Å². The maximum atomic E-state index is 10.1. The SMILES string of the molecule is CC(C)C1CCC(O)C(Cc2ncccn2)C1. The summed E-state index contributed by atoms with van der Waals surface area (Å²) in [6, 6.07) is 1.83. The fraction of sp³-hybridized carbons (Fsp3) is 0.714. The number of nitrogens with zero attached hydrogens (tertiary/aromatic N) is 2. The van der Waals surface area contributed by atoms with Crippen molar-refractivity contribution in [3.05, 3.63) is 24.3 Å². The maximum Gasteiger partial charge on any atom is 0.128 e. The van der Waals surface area contributed by atoms with Crippen molar-refractivity contribution in [1.82, 2.24) is 9.97 Å². The molecule has 1 aliphatic carbocycles. The molecule has 1 aliphatic rings. The number of aliphatic hydroxyl groups excluding tert-OH is 1. The molecule has 3 unspecified atom stereocenters. The van der Waals surface area contributed by atoms with Gasteiger partial charge in [-0.25, -0.2) is 9.97 Å². The minimum atomic E-state index is -0.172. The van der Waals surface area contributed by atoms with Gasteiger partial charge < -0.3 is 5.11 Å². The molecule has 2 rings (SSSR count). The Morgan fingerprint density at radius 2 is 2.00 bits per heavy atom. The van der Waals surface area contributed by atoms with Gasteiger partial charge in [-0.2, -0.15) is 0 Å². The highest BCUT2D eigenvalue weighted by molar-refractivity contribution is 4.93. The van der Waals surface area contributed by atoms with E-state index in [4.69, 9.17) is 0 Å². The van der Waals surface area contributed by atoms with E-state index in [0.717, 1.165) is 37.4 Å². The van der Waals surface area contributed by atoms with Gasteiger partial charge in [0.2, 0.25) is 0 Å². The van der Waals surface area contributed by atoms with E-state index in [1.807, 2.05) is 6.07 Å². The summed E-state index contributed by atoms with van der Waals surface area (Å²) in [7, 11) is 0. The van der Waals surface area contributed by atoms with Gasteiger partial charge in [0, 0.05) is 18.8 Å². The largest absolute Gasteiger partial charge is 0.393 e. The molecule has 1 aromatic heterocycles. The van der Waals surface area contributed by atoms with Crippen molar-refractivity contribution in [2.75, 3.05) is 0 Å². The first kappa shape index (κ1) is 12.5. The molecule has 1 N–H and O–H groups in total. The van der Waals surface area contributed by atoms with Gasteiger partial charge in [-0.3, -0.25) is 0 Å². The fourth-order valence-corrected chi connectivity index (χ4v) is 2.78. The Labute approximate surface area is 103 Å². The van der Waals surface area contributed by atoms with Gasteiger partial charge in [0.25, 0.3) is 0 Å². The van der Waals surface area contributed by atoms with E-state index in [1.54, 1.807) is 12.4 Å². The van der Waals surface area contributed by atoms with Gasteiger partial charge >= 0.3 is 0 Å². The predicted octanol–water partition coefficient (Wildman–Crippen LogP) is 2.45. The van der Waals surface area contributed by atoms with E-state index >= 15 is 0 Å². The molecule has 3 heteroatoms. The molecule has 94 valence electrons. The van der Waals surface area contributed by atoms with Crippen molar-refractivity contribution < 1.29 is 5.11 Å². The van der Waals surface area contributed by atoms with Crippen LogP contribution in [-0.4, -0.2) is 21.2 Å².